The summed E-state index contributed by atoms with van der Waals surface area (Å²) in [5.74, 6) is 0. The van der Waals surface area contributed by atoms with E-state index < -0.39 is 0 Å². The molecular formula is C10H24Cl2N2. The molecule has 0 aromatic carbocycles. The first-order valence-electron chi connectivity index (χ1n) is 5.25. The summed E-state index contributed by atoms with van der Waals surface area (Å²) in [4.78, 5) is 2.45. The summed E-state index contributed by atoms with van der Waals surface area (Å²) in [5, 5.41) is 3.52. The Hall–Kier alpha value is 0.500. The van der Waals surface area contributed by atoms with Gasteiger partial charge in [0.2, 0.25) is 0 Å². The first-order chi connectivity index (χ1) is 5.83. The third-order valence-corrected chi connectivity index (χ3v) is 2.59. The van der Waals surface area contributed by atoms with Crippen LogP contribution >= 0.6 is 24.8 Å². The fourth-order valence-corrected chi connectivity index (χ4v) is 1.81. The van der Waals surface area contributed by atoms with Gasteiger partial charge in [0.15, 0.2) is 0 Å². The number of hydrogen-bond acceptors (Lipinski definition) is 2. The third-order valence-electron chi connectivity index (χ3n) is 2.59. The maximum Gasteiger partial charge on any atom is 0.0195 e. The molecule has 1 fully saturated rings. The van der Waals surface area contributed by atoms with Gasteiger partial charge in [0.1, 0.15) is 0 Å². The number of nitrogens with zero attached hydrogens (tertiary/aromatic N) is 1. The second kappa shape index (κ2) is 10.0. The zero-order valence-electron chi connectivity index (χ0n) is 9.29. The highest BCUT2D eigenvalue weighted by Gasteiger charge is 2.14. The zero-order valence-corrected chi connectivity index (χ0v) is 10.9. The molecule has 1 aliphatic rings. The van der Waals surface area contributed by atoms with Crippen molar-refractivity contribution in [2.45, 2.75) is 38.6 Å². The first kappa shape index (κ1) is 16.9. The van der Waals surface area contributed by atoms with E-state index in [4.69, 9.17) is 0 Å². The molecule has 1 rings (SSSR count). The fraction of sp³-hybridized carbons (Fsp3) is 1.00. The minimum absolute atomic E-state index is 0. The predicted molar refractivity (Wildman–Crippen MR) is 67.9 cm³/mol. The van der Waals surface area contributed by atoms with E-state index in [1.165, 1.54) is 45.3 Å². The van der Waals surface area contributed by atoms with Crippen molar-refractivity contribution in [3.63, 3.8) is 0 Å². The number of nitrogens with one attached hydrogen (secondary N) is 1. The van der Waals surface area contributed by atoms with Crippen LogP contribution in [0.15, 0.2) is 0 Å². The van der Waals surface area contributed by atoms with Gasteiger partial charge >= 0.3 is 0 Å². The van der Waals surface area contributed by atoms with Crippen molar-refractivity contribution in [2.75, 3.05) is 26.7 Å². The number of unbranched alkanes of at least 4 members (excludes halogenated alkanes) is 1. The molecule has 0 aliphatic carbocycles. The molecule has 1 atom stereocenters. The normalized spacial score (nSPS) is 20.4. The standard InChI is InChI=1S/C10H22N2.2ClH/c1-3-4-8-12(2)9-10-6-5-7-11-10;;/h10-11H,3-9H2,1-2H3;2*1H. The van der Waals surface area contributed by atoms with Gasteiger partial charge in [-0.2, -0.15) is 0 Å². The minimum Gasteiger partial charge on any atom is -0.313 e. The van der Waals surface area contributed by atoms with Crippen molar-refractivity contribution < 1.29 is 0 Å². The Kier molecular flexibility index (Phi) is 12.1. The molecule has 0 saturated carbocycles. The van der Waals surface area contributed by atoms with E-state index in [2.05, 4.69) is 24.2 Å². The van der Waals surface area contributed by atoms with E-state index in [0.717, 1.165) is 6.04 Å². The van der Waals surface area contributed by atoms with Crippen molar-refractivity contribution in [1.29, 1.82) is 0 Å². The smallest absolute Gasteiger partial charge is 0.0195 e. The summed E-state index contributed by atoms with van der Waals surface area (Å²) in [6, 6.07) is 0.770. The quantitative estimate of drug-likeness (QED) is 0.797. The molecule has 1 saturated heterocycles. The molecule has 4 heteroatoms. The van der Waals surface area contributed by atoms with Crippen molar-refractivity contribution >= 4 is 24.8 Å². The zero-order chi connectivity index (χ0) is 8.81. The van der Waals surface area contributed by atoms with Crippen LogP contribution < -0.4 is 5.32 Å². The average Bonchev–Trinajstić information content (AvgIpc) is 2.53. The maximum atomic E-state index is 3.52. The molecule has 1 N–H and O–H groups in total. The number of hydrogen-bond donors (Lipinski definition) is 1. The van der Waals surface area contributed by atoms with Crippen molar-refractivity contribution in [3.05, 3.63) is 0 Å². The van der Waals surface area contributed by atoms with Gasteiger partial charge in [0.05, 0.1) is 0 Å². The summed E-state index contributed by atoms with van der Waals surface area (Å²) in [7, 11) is 2.23. The lowest BCUT2D eigenvalue weighted by molar-refractivity contribution is 0.296. The molecule has 0 spiro atoms. The molecule has 0 aromatic heterocycles. The summed E-state index contributed by atoms with van der Waals surface area (Å²) in [6.45, 7) is 5.97. The lowest BCUT2D eigenvalue weighted by Crippen LogP contribution is -2.35. The third kappa shape index (κ3) is 6.88. The summed E-state index contributed by atoms with van der Waals surface area (Å²) in [5.41, 5.74) is 0. The van der Waals surface area contributed by atoms with Gasteiger partial charge < -0.3 is 10.2 Å². The van der Waals surface area contributed by atoms with Gasteiger partial charge in [-0.1, -0.05) is 13.3 Å². The Balaban J connectivity index is 0. The Morgan fingerprint density at radius 2 is 2.07 bits per heavy atom. The van der Waals surface area contributed by atoms with Crippen LogP contribution in [0.5, 0.6) is 0 Å². The molecule has 1 unspecified atom stereocenters. The van der Waals surface area contributed by atoms with E-state index >= 15 is 0 Å². The summed E-state index contributed by atoms with van der Waals surface area (Å²) < 4.78 is 0. The van der Waals surface area contributed by atoms with Crippen LogP contribution in [0.1, 0.15) is 32.6 Å². The second-order valence-electron chi connectivity index (χ2n) is 3.91. The van der Waals surface area contributed by atoms with E-state index in [1.54, 1.807) is 0 Å². The highest BCUT2D eigenvalue weighted by Crippen LogP contribution is 2.06. The van der Waals surface area contributed by atoms with E-state index in [-0.39, 0.29) is 24.8 Å². The SMILES string of the molecule is CCCCN(C)CC1CCCN1.Cl.Cl. The van der Waals surface area contributed by atoms with Crippen LogP contribution in [0.4, 0.5) is 0 Å². The predicted octanol–water partition coefficient (Wildman–Crippen LogP) is 2.31. The van der Waals surface area contributed by atoms with Crippen LogP contribution in [-0.2, 0) is 0 Å². The van der Waals surface area contributed by atoms with E-state index in [0.29, 0.717) is 0 Å². The van der Waals surface area contributed by atoms with E-state index in [9.17, 15) is 0 Å². The molecule has 0 radical (unpaired) electrons. The fourth-order valence-electron chi connectivity index (χ4n) is 1.81. The average molecular weight is 243 g/mol. The van der Waals surface area contributed by atoms with Gasteiger partial charge in [-0.15, -0.1) is 24.8 Å². The molecular weight excluding hydrogens is 219 g/mol. The summed E-state index contributed by atoms with van der Waals surface area (Å²) in [6.07, 6.45) is 5.38. The molecule has 0 aromatic rings. The van der Waals surface area contributed by atoms with Crippen molar-refractivity contribution in [3.8, 4) is 0 Å². The lowest BCUT2D eigenvalue weighted by atomic mass is 10.2. The summed E-state index contributed by atoms with van der Waals surface area (Å²) >= 11 is 0. The number of halogens is 2. The molecule has 0 amide bonds. The Labute approximate surface area is 101 Å². The van der Waals surface area contributed by atoms with Crippen LogP contribution in [0.25, 0.3) is 0 Å². The molecule has 88 valence electrons. The monoisotopic (exact) mass is 242 g/mol. The van der Waals surface area contributed by atoms with Gasteiger partial charge in [0.25, 0.3) is 0 Å². The minimum atomic E-state index is 0. The van der Waals surface area contributed by atoms with Gasteiger partial charge in [-0.3, -0.25) is 0 Å². The van der Waals surface area contributed by atoms with Crippen molar-refractivity contribution in [1.82, 2.24) is 10.2 Å². The van der Waals surface area contributed by atoms with Gasteiger partial charge in [-0.05, 0) is 39.4 Å². The van der Waals surface area contributed by atoms with Gasteiger partial charge in [0, 0.05) is 12.6 Å². The highest BCUT2D eigenvalue weighted by atomic mass is 35.5. The van der Waals surface area contributed by atoms with Crippen LogP contribution in [0, 0.1) is 0 Å². The highest BCUT2D eigenvalue weighted by molar-refractivity contribution is 5.85. The Morgan fingerprint density at radius 3 is 2.57 bits per heavy atom. The topological polar surface area (TPSA) is 15.3 Å². The van der Waals surface area contributed by atoms with Gasteiger partial charge in [-0.25, -0.2) is 0 Å². The van der Waals surface area contributed by atoms with Crippen LogP contribution in [0.2, 0.25) is 0 Å². The molecule has 1 aliphatic heterocycles. The van der Waals surface area contributed by atoms with Crippen molar-refractivity contribution in [2.24, 2.45) is 0 Å². The van der Waals surface area contributed by atoms with Crippen LogP contribution in [-0.4, -0.2) is 37.6 Å². The molecule has 0 bridgehead atoms. The lowest BCUT2D eigenvalue weighted by Gasteiger charge is -2.20. The second-order valence-corrected chi connectivity index (χ2v) is 3.91. The first-order valence-corrected chi connectivity index (χ1v) is 5.25. The molecule has 2 nitrogen and oxygen atoms in total. The molecule has 14 heavy (non-hydrogen) atoms. The maximum absolute atomic E-state index is 3.52. The Morgan fingerprint density at radius 1 is 1.36 bits per heavy atom. The van der Waals surface area contributed by atoms with E-state index in [1.807, 2.05) is 0 Å². The number of likely N-dealkylation sites (N-methyl/N-ethyl adjacent to an activating group) is 1. The number of rotatable bonds is 5. The van der Waals surface area contributed by atoms with Crippen LogP contribution in [0.3, 0.4) is 0 Å². The molecule has 1 heterocycles. The Bertz CT molecular complexity index is 117. The largest absolute Gasteiger partial charge is 0.313 e.